The third kappa shape index (κ3) is 6.70. The van der Waals surface area contributed by atoms with Gasteiger partial charge in [0.25, 0.3) is 5.91 Å². The van der Waals surface area contributed by atoms with Crippen molar-refractivity contribution >= 4 is 11.9 Å². The molecule has 0 bridgehead atoms. The van der Waals surface area contributed by atoms with Gasteiger partial charge in [-0.2, -0.15) is 5.10 Å². The number of rotatable bonds is 9. The molecule has 3 N–H and O–H groups in total. The Morgan fingerprint density at radius 3 is 2.55 bits per heavy atom. The van der Waals surface area contributed by atoms with Crippen LogP contribution in [-0.2, 0) is 19.6 Å². The largest absolute Gasteiger partial charge is 0.352 e. The van der Waals surface area contributed by atoms with Crippen molar-refractivity contribution in [1.82, 2.24) is 25.7 Å². The average Bonchev–Trinajstić information content (AvgIpc) is 3.32. The lowest BCUT2D eigenvalue weighted by Gasteiger charge is -2.15. The molecule has 0 saturated heterocycles. The number of aliphatic imine (C=N–C) groups is 1. The van der Waals surface area contributed by atoms with Crippen LogP contribution in [0.15, 0.2) is 72.0 Å². The maximum atomic E-state index is 12.2. The first-order chi connectivity index (χ1) is 15.2. The van der Waals surface area contributed by atoms with Crippen LogP contribution >= 0.6 is 0 Å². The molecule has 3 aromatic rings. The van der Waals surface area contributed by atoms with Gasteiger partial charge in [-0.05, 0) is 41.3 Å². The molecular weight excluding hydrogens is 388 g/mol. The van der Waals surface area contributed by atoms with Crippen molar-refractivity contribution in [2.24, 2.45) is 4.99 Å². The zero-order chi connectivity index (χ0) is 21.9. The van der Waals surface area contributed by atoms with Gasteiger partial charge in [-0.1, -0.05) is 43.3 Å². The van der Waals surface area contributed by atoms with E-state index in [0.717, 1.165) is 18.5 Å². The van der Waals surface area contributed by atoms with Crippen molar-refractivity contribution in [3.05, 3.63) is 89.2 Å². The molecular formula is C24H30N6O. The molecule has 0 atom stereocenters. The van der Waals surface area contributed by atoms with Gasteiger partial charge in [0, 0.05) is 44.6 Å². The smallest absolute Gasteiger partial charge is 0.251 e. The van der Waals surface area contributed by atoms with Gasteiger partial charge in [0.1, 0.15) is 0 Å². The molecule has 31 heavy (non-hydrogen) atoms. The van der Waals surface area contributed by atoms with Gasteiger partial charge < -0.3 is 16.0 Å². The Kier molecular flexibility index (Phi) is 8.22. The molecule has 0 aliphatic heterocycles. The Morgan fingerprint density at radius 2 is 1.81 bits per heavy atom. The van der Waals surface area contributed by atoms with Crippen LogP contribution in [-0.4, -0.2) is 35.2 Å². The lowest BCUT2D eigenvalue weighted by atomic mass is 10.1. The van der Waals surface area contributed by atoms with E-state index in [-0.39, 0.29) is 5.91 Å². The number of aromatic nitrogens is 2. The lowest BCUT2D eigenvalue weighted by Crippen LogP contribution is -2.36. The number of hydrogen-bond acceptors (Lipinski definition) is 3. The van der Waals surface area contributed by atoms with Gasteiger partial charge in [-0.15, -0.1) is 0 Å². The minimum atomic E-state index is -0.0417. The summed E-state index contributed by atoms with van der Waals surface area (Å²) in [6, 6.07) is 17.9. The summed E-state index contributed by atoms with van der Waals surface area (Å²) in [6.07, 6.45) is 4.66. The number of hydrogen-bond donors (Lipinski definition) is 3. The highest BCUT2D eigenvalue weighted by molar-refractivity contribution is 5.94. The molecule has 1 aromatic heterocycles. The van der Waals surface area contributed by atoms with Crippen LogP contribution in [0.25, 0.3) is 0 Å². The molecule has 162 valence electrons. The molecule has 0 spiro atoms. The fourth-order valence-corrected chi connectivity index (χ4v) is 3.20. The van der Waals surface area contributed by atoms with E-state index >= 15 is 0 Å². The van der Waals surface area contributed by atoms with E-state index in [1.807, 2.05) is 60.3 Å². The number of amides is 1. The van der Waals surface area contributed by atoms with Crippen LogP contribution in [0.1, 0.15) is 40.4 Å². The van der Waals surface area contributed by atoms with Gasteiger partial charge in [0.15, 0.2) is 5.96 Å². The zero-order valence-electron chi connectivity index (χ0n) is 18.1. The predicted octanol–water partition coefficient (Wildman–Crippen LogP) is 2.94. The zero-order valence-corrected chi connectivity index (χ0v) is 18.1. The summed E-state index contributed by atoms with van der Waals surface area (Å²) in [5.41, 5.74) is 4.09. The second-order valence-electron chi connectivity index (χ2n) is 7.21. The monoisotopic (exact) mass is 418 g/mol. The van der Waals surface area contributed by atoms with Gasteiger partial charge in [0.05, 0.1) is 6.54 Å². The maximum absolute atomic E-state index is 12.2. The molecule has 0 aliphatic carbocycles. The highest BCUT2D eigenvalue weighted by Gasteiger charge is 2.07. The Bertz CT molecular complexity index is 997. The molecule has 2 aromatic carbocycles. The normalized spacial score (nSPS) is 11.2. The summed E-state index contributed by atoms with van der Waals surface area (Å²) in [6.45, 7) is 4.67. The number of nitrogens with one attached hydrogen (secondary N) is 3. The first-order valence-electron chi connectivity index (χ1n) is 10.6. The summed E-state index contributed by atoms with van der Waals surface area (Å²) in [4.78, 5) is 16.5. The number of carbonyl (C=O) groups is 1. The fraction of sp³-hybridized carbons (Fsp3) is 0.292. The molecule has 7 heteroatoms. The minimum Gasteiger partial charge on any atom is -0.352 e. The van der Waals surface area contributed by atoms with Crippen molar-refractivity contribution < 1.29 is 4.79 Å². The van der Waals surface area contributed by atoms with Gasteiger partial charge in [0.2, 0.25) is 0 Å². The Balaban J connectivity index is 1.56. The quantitative estimate of drug-likeness (QED) is 0.369. The highest BCUT2D eigenvalue weighted by Crippen LogP contribution is 2.10. The molecule has 1 heterocycles. The van der Waals surface area contributed by atoms with Crippen LogP contribution < -0.4 is 16.0 Å². The number of carbonyl (C=O) groups excluding carboxylic acids is 1. The third-order valence-electron chi connectivity index (χ3n) is 4.86. The standard InChI is InChI=1S/C24H30N6O/c1-3-12-26-23(31)20-11-6-8-19(15-20)16-27-24(25-2)28-17-21-9-4-5-10-22(21)18-30-14-7-13-29-30/h4-11,13-15H,3,12,16-18H2,1-2H3,(H,26,31)(H2,25,27,28). The number of guanidine groups is 1. The maximum Gasteiger partial charge on any atom is 0.251 e. The minimum absolute atomic E-state index is 0.0417. The second kappa shape index (κ2) is 11.5. The molecule has 0 fully saturated rings. The molecule has 0 radical (unpaired) electrons. The van der Waals surface area contributed by atoms with Crippen molar-refractivity contribution in [2.75, 3.05) is 13.6 Å². The predicted molar refractivity (Wildman–Crippen MR) is 124 cm³/mol. The van der Waals surface area contributed by atoms with Crippen molar-refractivity contribution in [1.29, 1.82) is 0 Å². The molecule has 3 rings (SSSR count). The topological polar surface area (TPSA) is 83.3 Å². The van der Waals surface area contributed by atoms with Crippen LogP contribution in [0.5, 0.6) is 0 Å². The summed E-state index contributed by atoms with van der Waals surface area (Å²) >= 11 is 0. The highest BCUT2D eigenvalue weighted by atomic mass is 16.1. The second-order valence-corrected chi connectivity index (χ2v) is 7.21. The number of nitrogens with zero attached hydrogens (tertiary/aromatic N) is 3. The van der Waals surface area contributed by atoms with Gasteiger partial charge in [-0.25, -0.2) is 0 Å². The van der Waals surface area contributed by atoms with E-state index in [4.69, 9.17) is 0 Å². The van der Waals surface area contributed by atoms with Crippen LogP contribution in [0.3, 0.4) is 0 Å². The first-order valence-corrected chi connectivity index (χ1v) is 10.6. The first kappa shape index (κ1) is 22.1. The Labute approximate surface area is 183 Å². The van der Waals surface area contributed by atoms with Crippen LogP contribution in [0.4, 0.5) is 0 Å². The lowest BCUT2D eigenvalue weighted by molar-refractivity contribution is 0.0953. The van der Waals surface area contributed by atoms with E-state index in [0.29, 0.717) is 31.2 Å². The van der Waals surface area contributed by atoms with E-state index in [9.17, 15) is 4.79 Å². The SMILES string of the molecule is CCCNC(=O)c1cccc(CNC(=NC)NCc2ccccc2Cn2cccn2)c1. The van der Waals surface area contributed by atoms with Crippen molar-refractivity contribution in [3.63, 3.8) is 0 Å². The van der Waals surface area contributed by atoms with Crippen LogP contribution in [0, 0.1) is 0 Å². The average molecular weight is 419 g/mol. The van der Waals surface area contributed by atoms with Crippen molar-refractivity contribution in [2.45, 2.75) is 33.0 Å². The van der Waals surface area contributed by atoms with E-state index in [2.05, 4.69) is 38.2 Å². The van der Waals surface area contributed by atoms with E-state index in [1.54, 1.807) is 13.2 Å². The van der Waals surface area contributed by atoms with E-state index < -0.39 is 0 Å². The summed E-state index contributed by atoms with van der Waals surface area (Å²) in [5, 5.41) is 13.9. The summed E-state index contributed by atoms with van der Waals surface area (Å²) in [7, 11) is 1.75. The Hall–Kier alpha value is -3.61. The molecule has 0 saturated carbocycles. The molecule has 0 unspecified atom stereocenters. The summed E-state index contributed by atoms with van der Waals surface area (Å²) < 4.78 is 1.91. The summed E-state index contributed by atoms with van der Waals surface area (Å²) in [5.74, 6) is 0.662. The van der Waals surface area contributed by atoms with Gasteiger partial charge >= 0.3 is 0 Å². The van der Waals surface area contributed by atoms with E-state index in [1.165, 1.54) is 11.1 Å². The third-order valence-corrected chi connectivity index (χ3v) is 4.86. The number of benzene rings is 2. The molecule has 7 nitrogen and oxygen atoms in total. The van der Waals surface area contributed by atoms with Gasteiger partial charge in [-0.3, -0.25) is 14.5 Å². The fourth-order valence-electron chi connectivity index (χ4n) is 3.20. The molecule has 0 aliphatic rings. The van der Waals surface area contributed by atoms with Crippen molar-refractivity contribution in [3.8, 4) is 0 Å². The Morgan fingerprint density at radius 1 is 1.00 bits per heavy atom. The molecule has 1 amide bonds. The van der Waals surface area contributed by atoms with Crippen LogP contribution in [0.2, 0.25) is 0 Å².